The Balaban J connectivity index is 2.53. The van der Waals surface area contributed by atoms with Crippen LogP contribution in [-0.4, -0.2) is 18.1 Å². The van der Waals surface area contributed by atoms with Gasteiger partial charge in [-0.3, -0.25) is 4.79 Å². The van der Waals surface area contributed by atoms with Crippen LogP contribution in [0.5, 0.6) is 5.75 Å². The lowest BCUT2D eigenvalue weighted by atomic mass is 9.90. The Bertz CT molecular complexity index is 479. The van der Waals surface area contributed by atoms with Gasteiger partial charge in [-0.1, -0.05) is 25.4 Å². The Morgan fingerprint density at radius 2 is 2.05 bits per heavy atom. The minimum absolute atomic E-state index is 0.0111. The highest BCUT2D eigenvalue weighted by atomic mass is 35.5. The van der Waals surface area contributed by atoms with Gasteiger partial charge in [-0.15, -0.1) is 0 Å². The van der Waals surface area contributed by atoms with Crippen LogP contribution in [0, 0.1) is 17.2 Å². The molecule has 0 unspecified atom stereocenters. The molecule has 5 heteroatoms. The fourth-order valence-corrected chi connectivity index (χ4v) is 1.43. The first-order chi connectivity index (χ1) is 8.87. The van der Waals surface area contributed by atoms with Gasteiger partial charge < -0.3 is 10.1 Å². The molecule has 0 saturated heterocycles. The van der Waals surface area contributed by atoms with Gasteiger partial charge in [0.2, 0.25) is 0 Å². The number of amides is 1. The van der Waals surface area contributed by atoms with Crippen LogP contribution in [0.2, 0.25) is 5.02 Å². The fraction of sp³-hybridized carbons (Fsp3) is 0.429. The first-order valence-corrected chi connectivity index (χ1v) is 6.36. The van der Waals surface area contributed by atoms with Gasteiger partial charge in [0, 0.05) is 5.02 Å². The summed E-state index contributed by atoms with van der Waals surface area (Å²) in [5.74, 6) is 0.243. The van der Waals surface area contributed by atoms with E-state index >= 15 is 0 Å². The molecule has 0 heterocycles. The molecule has 0 spiro atoms. The van der Waals surface area contributed by atoms with Crippen LogP contribution < -0.4 is 10.1 Å². The number of carbonyl (C=O) groups is 1. The molecule has 0 aliphatic rings. The molecule has 0 bridgehead atoms. The number of nitriles is 1. The van der Waals surface area contributed by atoms with Crippen molar-refractivity contribution >= 4 is 17.5 Å². The van der Waals surface area contributed by atoms with Crippen LogP contribution in [-0.2, 0) is 4.79 Å². The lowest BCUT2D eigenvalue weighted by molar-refractivity contribution is -0.124. The van der Waals surface area contributed by atoms with Crippen molar-refractivity contribution in [2.75, 3.05) is 6.61 Å². The SMILES string of the molecule is CC(C)[C@](C)(C#N)NC(=O)COc1ccc(Cl)cc1. The fourth-order valence-electron chi connectivity index (χ4n) is 1.31. The number of halogens is 1. The summed E-state index contributed by atoms with van der Waals surface area (Å²) in [6.07, 6.45) is 0. The average Bonchev–Trinajstić information content (AvgIpc) is 2.37. The van der Waals surface area contributed by atoms with E-state index < -0.39 is 5.54 Å². The van der Waals surface area contributed by atoms with E-state index in [0.29, 0.717) is 10.8 Å². The minimum Gasteiger partial charge on any atom is -0.484 e. The Morgan fingerprint density at radius 1 is 1.47 bits per heavy atom. The third-order valence-electron chi connectivity index (χ3n) is 2.97. The van der Waals surface area contributed by atoms with E-state index in [2.05, 4.69) is 11.4 Å². The van der Waals surface area contributed by atoms with E-state index in [1.54, 1.807) is 31.2 Å². The first-order valence-electron chi connectivity index (χ1n) is 5.98. The molecule has 102 valence electrons. The minimum atomic E-state index is -0.888. The summed E-state index contributed by atoms with van der Waals surface area (Å²) >= 11 is 5.74. The number of hydrogen-bond donors (Lipinski definition) is 1. The molecule has 0 aliphatic carbocycles. The molecule has 1 rings (SSSR count). The van der Waals surface area contributed by atoms with E-state index in [4.69, 9.17) is 21.6 Å². The summed E-state index contributed by atoms with van der Waals surface area (Å²) in [5, 5.41) is 12.4. The van der Waals surface area contributed by atoms with Crippen molar-refractivity contribution in [2.45, 2.75) is 26.3 Å². The highest BCUT2D eigenvalue weighted by molar-refractivity contribution is 6.30. The second kappa shape index (κ2) is 6.44. The van der Waals surface area contributed by atoms with Gasteiger partial charge in [0.25, 0.3) is 5.91 Å². The molecule has 0 saturated carbocycles. The molecule has 1 aromatic rings. The molecule has 0 fully saturated rings. The number of nitrogens with zero attached hydrogens (tertiary/aromatic N) is 1. The van der Waals surface area contributed by atoms with Crippen LogP contribution >= 0.6 is 11.6 Å². The zero-order valence-corrected chi connectivity index (χ0v) is 12.0. The standard InChI is InChI=1S/C14H17ClN2O2/c1-10(2)14(3,9-16)17-13(18)8-19-12-6-4-11(15)5-7-12/h4-7,10H,8H2,1-3H3,(H,17,18)/t14-/m0/s1. The van der Waals surface area contributed by atoms with Crippen molar-refractivity contribution < 1.29 is 9.53 Å². The average molecular weight is 281 g/mol. The number of carbonyl (C=O) groups excluding carboxylic acids is 1. The van der Waals surface area contributed by atoms with Gasteiger partial charge in [0.1, 0.15) is 11.3 Å². The Morgan fingerprint density at radius 3 is 2.53 bits per heavy atom. The van der Waals surface area contributed by atoms with Crippen molar-refractivity contribution in [1.82, 2.24) is 5.32 Å². The second-order valence-corrected chi connectivity index (χ2v) is 5.20. The lowest BCUT2D eigenvalue weighted by Gasteiger charge is -2.27. The number of benzene rings is 1. The van der Waals surface area contributed by atoms with Crippen molar-refractivity contribution in [3.8, 4) is 11.8 Å². The zero-order valence-electron chi connectivity index (χ0n) is 11.2. The van der Waals surface area contributed by atoms with E-state index in [-0.39, 0.29) is 18.4 Å². The first kappa shape index (κ1) is 15.3. The van der Waals surface area contributed by atoms with Crippen molar-refractivity contribution in [3.05, 3.63) is 29.3 Å². The maximum Gasteiger partial charge on any atom is 0.259 e. The molecule has 1 aromatic carbocycles. The molecule has 0 aromatic heterocycles. The van der Waals surface area contributed by atoms with Gasteiger partial charge in [0.15, 0.2) is 6.61 Å². The largest absolute Gasteiger partial charge is 0.484 e. The van der Waals surface area contributed by atoms with Crippen LogP contribution in [0.4, 0.5) is 0 Å². The molecular formula is C14H17ClN2O2. The predicted molar refractivity (Wildman–Crippen MR) is 73.9 cm³/mol. The van der Waals surface area contributed by atoms with Crippen molar-refractivity contribution in [3.63, 3.8) is 0 Å². The molecule has 1 amide bonds. The van der Waals surface area contributed by atoms with E-state index in [9.17, 15) is 4.79 Å². The summed E-state index contributed by atoms with van der Waals surface area (Å²) in [6, 6.07) is 8.84. The highest BCUT2D eigenvalue weighted by Gasteiger charge is 2.29. The third kappa shape index (κ3) is 4.46. The monoisotopic (exact) mass is 280 g/mol. The maximum atomic E-state index is 11.7. The van der Waals surface area contributed by atoms with E-state index in [0.717, 1.165) is 0 Å². The molecule has 0 aliphatic heterocycles. The number of rotatable bonds is 5. The van der Waals surface area contributed by atoms with Crippen molar-refractivity contribution in [2.24, 2.45) is 5.92 Å². The summed E-state index contributed by atoms with van der Waals surface area (Å²) < 4.78 is 5.31. The Kier molecular flexibility index (Phi) is 5.20. The van der Waals surface area contributed by atoms with Gasteiger partial charge in [0.05, 0.1) is 6.07 Å². The number of hydrogen-bond acceptors (Lipinski definition) is 3. The molecule has 1 atom stereocenters. The maximum absolute atomic E-state index is 11.7. The molecule has 0 radical (unpaired) electrons. The van der Waals surface area contributed by atoms with Gasteiger partial charge >= 0.3 is 0 Å². The molecule has 4 nitrogen and oxygen atoms in total. The van der Waals surface area contributed by atoms with Crippen LogP contribution in [0.15, 0.2) is 24.3 Å². The van der Waals surface area contributed by atoms with Crippen LogP contribution in [0.1, 0.15) is 20.8 Å². The highest BCUT2D eigenvalue weighted by Crippen LogP contribution is 2.16. The summed E-state index contributed by atoms with van der Waals surface area (Å²) in [7, 11) is 0. The predicted octanol–water partition coefficient (Wildman–Crippen LogP) is 2.77. The Hall–Kier alpha value is -1.73. The van der Waals surface area contributed by atoms with E-state index in [1.807, 2.05) is 13.8 Å². The van der Waals surface area contributed by atoms with Crippen LogP contribution in [0.3, 0.4) is 0 Å². The van der Waals surface area contributed by atoms with Gasteiger partial charge in [-0.2, -0.15) is 5.26 Å². The lowest BCUT2D eigenvalue weighted by Crippen LogP contribution is -2.50. The van der Waals surface area contributed by atoms with E-state index in [1.165, 1.54) is 0 Å². The Labute approximate surface area is 118 Å². The number of nitrogens with one attached hydrogen (secondary N) is 1. The van der Waals surface area contributed by atoms with Gasteiger partial charge in [-0.05, 0) is 37.1 Å². The molecule has 19 heavy (non-hydrogen) atoms. The summed E-state index contributed by atoms with van der Waals surface area (Å²) in [6.45, 7) is 5.32. The summed E-state index contributed by atoms with van der Waals surface area (Å²) in [5.41, 5.74) is -0.888. The summed E-state index contributed by atoms with van der Waals surface area (Å²) in [4.78, 5) is 11.7. The topological polar surface area (TPSA) is 62.1 Å². The molecule has 1 N–H and O–H groups in total. The second-order valence-electron chi connectivity index (χ2n) is 4.76. The van der Waals surface area contributed by atoms with Crippen LogP contribution in [0.25, 0.3) is 0 Å². The smallest absolute Gasteiger partial charge is 0.259 e. The van der Waals surface area contributed by atoms with Crippen molar-refractivity contribution in [1.29, 1.82) is 5.26 Å². The normalized spacial score (nSPS) is 13.5. The zero-order chi connectivity index (χ0) is 14.5. The number of ether oxygens (including phenoxy) is 1. The van der Waals surface area contributed by atoms with Gasteiger partial charge in [-0.25, -0.2) is 0 Å². The molecular weight excluding hydrogens is 264 g/mol. The third-order valence-corrected chi connectivity index (χ3v) is 3.22. The quantitative estimate of drug-likeness (QED) is 0.902.